The molecule has 0 atom stereocenters. The van der Waals surface area contributed by atoms with E-state index < -0.39 is 14.2 Å². The maximum atomic E-state index is 11.2. The van der Waals surface area contributed by atoms with Gasteiger partial charge in [-0.05, 0) is 12.1 Å². The monoisotopic (exact) mass is 247 g/mol. The van der Waals surface area contributed by atoms with Crippen molar-refractivity contribution in [3.05, 3.63) is 29.8 Å². The van der Waals surface area contributed by atoms with Gasteiger partial charge in [0.15, 0.2) is 0 Å². The van der Waals surface area contributed by atoms with E-state index in [9.17, 15) is 4.79 Å². The highest BCUT2D eigenvalue weighted by Gasteiger charge is 2.09. The number of nitrogens with one attached hydrogen (secondary N) is 1. The lowest BCUT2D eigenvalue weighted by atomic mass is 10.2. The standard InChI is InChI=1S/C13H17NO2Si/c1-16-13(15)14-12-8-6-5-7-11(12)9-10-17(2,3)4/h5-8H,1-4H3,(H,14,15). The zero-order valence-electron chi connectivity index (χ0n) is 10.6. The first-order valence-electron chi connectivity index (χ1n) is 5.39. The minimum absolute atomic E-state index is 0.479. The number of hydrogen-bond acceptors (Lipinski definition) is 2. The van der Waals surface area contributed by atoms with Crippen molar-refractivity contribution in [3.63, 3.8) is 0 Å². The zero-order chi connectivity index (χ0) is 12.9. The number of benzene rings is 1. The van der Waals surface area contributed by atoms with Crippen LogP contribution in [0.5, 0.6) is 0 Å². The maximum absolute atomic E-state index is 11.2. The predicted molar refractivity (Wildman–Crippen MR) is 72.7 cm³/mol. The van der Waals surface area contributed by atoms with Gasteiger partial charge in [-0.1, -0.05) is 37.7 Å². The van der Waals surface area contributed by atoms with Crippen LogP contribution in [0.4, 0.5) is 10.5 Å². The molecule has 0 aliphatic heterocycles. The minimum atomic E-state index is -1.42. The Hall–Kier alpha value is -1.73. The lowest BCUT2D eigenvalue weighted by Crippen LogP contribution is -2.16. The van der Waals surface area contributed by atoms with Gasteiger partial charge in [-0.15, -0.1) is 5.54 Å². The van der Waals surface area contributed by atoms with E-state index in [4.69, 9.17) is 0 Å². The average molecular weight is 247 g/mol. The summed E-state index contributed by atoms with van der Waals surface area (Å²) in [7, 11) is -0.0773. The van der Waals surface area contributed by atoms with E-state index in [1.54, 1.807) is 0 Å². The van der Waals surface area contributed by atoms with Crippen molar-refractivity contribution < 1.29 is 9.53 Å². The summed E-state index contributed by atoms with van der Waals surface area (Å²) in [6.07, 6.45) is -0.479. The smallest absolute Gasteiger partial charge is 0.411 e. The molecule has 0 spiro atoms. The van der Waals surface area contributed by atoms with Crippen molar-refractivity contribution in [2.45, 2.75) is 19.6 Å². The Morgan fingerprint density at radius 3 is 2.53 bits per heavy atom. The molecule has 1 N–H and O–H groups in total. The van der Waals surface area contributed by atoms with Gasteiger partial charge in [0, 0.05) is 5.56 Å². The van der Waals surface area contributed by atoms with Crippen LogP contribution in [0.3, 0.4) is 0 Å². The van der Waals surface area contributed by atoms with E-state index in [2.05, 4.69) is 41.2 Å². The number of para-hydroxylation sites is 1. The van der Waals surface area contributed by atoms with Crippen molar-refractivity contribution in [2.75, 3.05) is 12.4 Å². The molecule has 0 heterocycles. The second-order valence-electron chi connectivity index (χ2n) is 4.66. The van der Waals surface area contributed by atoms with E-state index in [1.165, 1.54) is 7.11 Å². The van der Waals surface area contributed by atoms with Gasteiger partial charge in [0.25, 0.3) is 0 Å². The Bertz CT molecular complexity index is 466. The summed E-state index contributed by atoms with van der Waals surface area (Å²) in [5.41, 5.74) is 4.77. The molecular formula is C13H17NO2Si. The normalized spacial score (nSPS) is 10.1. The van der Waals surface area contributed by atoms with Crippen LogP contribution in [-0.2, 0) is 4.74 Å². The molecule has 0 saturated carbocycles. The average Bonchev–Trinajstić information content (AvgIpc) is 2.26. The molecule has 0 unspecified atom stereocenters. The minimum Gasteiger partial charge on any atom is -0.453 e. The number of carbonyl (C=O) groups is 1. The summed E-state index contributed by atoms with van der Waals surface area (Å²) in [6.45, 7) is 6.53. The fourth-order valence-corrected chi connectivity index (χ4v) is 1.63. The molecule has 0 radical (unpaired) electrons. The van der Waals surface area contributed by atoms with Crippen molar-refractivity contribution in [2.24, 2.45) is 0 Å². The second kappa shape index (κ2) is 5.55. The largest absolute Gasteiger partial charge is 0.453 e. The van der Waals surface area contributed by atoms with Crippen LogP contribution in [0.1, 0.15) is 5.56 Å². The first-order chi connectivity index (χ1) is 7.92. The second-order valence-corrected chi connectivity index (χ2v) is 9.41. The van der Waals surface area contributed by atoms with Gasteiger partial charge in [0.1, 0.15) is 8.07 Å². The molecular weight excluding hydrogens is 230 g/mol. The third-order valence-electron chi connectivity index (χ3n) is 1.92. The molecule has 1 aromatic carbocycles. The molecule has 1 aromatic rings. The third kappa shape index (κ3) is 4.75. The SMILES string of the molecule is COC(=O)Nc1ccccc1C#C[Si](C)(C)C. The van der Waals surface area contributed by atoms with Crippen LogP contribution in [0.2, 0.25) is 19.6 Å². The summed E-state index contributed by atoms with van der Waals surface area (Å²) in [5.74, 6) is 3.12. The molecule has 4 heteroatoms. The van der Waals surface area contributed by atoms with Gasteiger partial charge in [-0.2, -0.15) is 0 Å². The highest BCUT2D eigenvalue weighted by molar-refractivity contribution is 6.83. The van der Waals surface area contributed by atoms with Gasteiger partial charge >= 0.3 is 6.09 Å². The lowest BCUT2D eigenvalue weighted by Gasteiger charge is -2.07. The number of anilines is 1. The topological polar surface area (TPSA) is 38.3 Å². The number of methoxy groups -OCH3 is 1. The summed E-state index contributed by atoms with van der Waals surface area (Å²) in [6, 6.07) is 7.45. The molecule has 0 fully saturated rings. The fraction of sp³-hybridized carbons (Fsp3) is 0.308. The first kappa shape index (κ1) is 13.3. The molecule has 0 saturated heterocycles. The van der Waals surface area contributed by atoms with E-state index in [0.717, 1.165) is 5.56 Å². The van der Waals surface area contributed by atoms with Crippen molar-refractivity contribution in [3.8, 4) is 11.5 Å². The van der Waals surface area contributed by atoms with E-state index in [1.807, 2.05) is 24.3 Å². The fourth-order valence-electron chi connectivity index (χ4n) is 1.12. The van der Waals surface area contributed by atoms with Gasteiger partial charge in [0.05, 0.1) is 12.8 Å². The Balaban J connectivity index is 2.99. The van der Waals surface area contributed by atoms with Crippen LogP contribution in [0, 0.1) is 11.5 Å². The van der Waals surface area contributed by atoms with Crippen LogP contribution < -0.4 is 5.32 Å². The number of amides is 1. The van der Waals surface area contributed by atoms with E-state index >= 15 is 0 Å². The maximum Gasteiger partial charge on any atom is 0.411 e. The van der Waals surface area contributed by atoms with Crippen LogP contribution in [0.15, 0.2) is 24.3 Å². The molecule has 17 heavy (non-hydrogen) atoms. The Kier molecular flexibility index (Phi) is 4.35. The number of carbonyl (C=O) groups excluding carboxylic acids is 1. The predicted octanol–water partition coefficient (Wildman–Crippen LogP) is 3.09. The van der Waals surface area contributed by atoms with E-state index in [0.29, 0.717) is 5.69 Å². The highest BCUT2D eigenvalue weighted by atomic mass is 28.3. The van der Waals surface area contributed by atoms with Crippen LogP contribution in [0.25, 0.3) is 0 Å². The van der Waals surface area contributed by atoms with Gasteiger partial charge in [-0.25, -0.2) is 4.79 Å². The lowest BCUT2D eigenvalue weighted by molar-refractivity contribution is 0.187. The summed E-state index contributed by atoms with van der Waals surface area (Å²) < 4.78 is 4.56. The Morgan fingerprint density at radius 2 is 1.94 bits per heavy atom. The third-order valence-corrected chi connectivity index (χ3v) is 2.80. The van der Waals surface area contributed by atoms with Crippen molar-refractivity contribution in [1.82, 2.24) is 0 Å². The van der Waals surface area contributed by atoms with Gasteiger partial charge in [0.2, 0.25) is 0 Å². The van der Waals surface area contributed by atoms with Crippen LogP contribution >= 0.6 is 0 Å². The number of ether oxygens (including phenoxy) is 1. The van der Waals surface area contributed by atoms with E-state index in [-0.39, 0.29) is 0 Å². The Morgan fingerprint density at radius 1 is 1.29 bits per heavy atom. The molecule has 1 rings (SSSR count). The highest BCUT2D eigenvalue weighted by Crippen LogP contribution is 2.14. The molecule has 1 amide bonds. The van der Waals surface area contributed by atoms with Crippen LogP contribution in [-0.4, -0.2) is 21.3 Å². The zero-order valence-corrected chi connectivity index (χ0v) is 11.6. The summed E-state index contributed by atoms with van der Waals surface area (Å²) in [5, 5.41) is 2.65. The summed E-state index contributed by atoms with van der Waals surface area (Å²) >= 11 is 0. The summed E-state index contributed by atoms with van der Waals surface area (Å²) in [4.78, 5) is 11.2. The Labute approximate surface area is 103 Å². The van der Waals surface area contributed by atoms with Crippen molar-refractivity contribution in [1.29, 1.82) is 0 Å². The number of hydrogen-bond donors (Lipinski definition) is 1. The van der Waals surface area contributed by atoms with Gasteiger partial charge < -0.3 is 4.74 Å². The molecule has 3 nitrogen and oxygen atoms in total. The molecule has 90 valence electrons. The molecule has 0 aliphatic carbocycles. The molecule has 0 aliphatic rings. The molecule has 0 bridgehead atoms. The first-order valence-corrected chi connectivity index (χ1v) is 8.89. The molecule has 0 aromatic heterocycles. The number of rotatable bonds is 1. The van der Waals surface area contributed by atoms with Gasteiger partial charge in [-0.3, -0.25) is 5.32 Å². The van der Waals surface area contributed by atoms with Crippen molar-refractivity contribution >= 4 is 19.9 Å². The quantitative estimate of drug-likeness (QED) is 0.611.